The van der Waals surface area contributed by atoms with Crippen LogP contribution in [0.25, 0.3) is 0 Å². The van der Waals surface area contributed by atoms with E-state index in [4.69, 9.17) is 0 Å². The molecule has 0 amide bonds. The first-order valence-electron chi connectivity index (χ1n) is 5.32. The van der Waals surface area contributed by atoms with Gasteiger partial charge in [0.25, 0.3) is 0 Å². The van der Waals surface area contributed by atoms with E-state index in [9.17, 15) is 0 Å². The molecule has 3 heteroatoms. The van der Waals surface area contributed by atoms with Crippen molar-refractivity contribution in [1.29, 1.82) is 0 Å². The third kappa shape index (κ3) is 2.58. The number of nitrogens with zero attached hydrogens (tertiary/aromatic N) is 1. The van der Waals surface area contributed by atoms with Crippen LogP contribution in [-0.4, -0.2) is 37.1 Å². The molecule has 2 unspecified atom stereocenters. The molecule has 0 aliphatic carbocycles. The van der Waals surface area contributed by atoms with E-state index in [0.29, 0.717) is 0 Å². The first-order chi connectivity index (χ1) is 5.88. The molecule has 0 aromatic heterocycles. The first kappa shape index (κ1) is 11.3. The van der Waals surface area contributed by atoms with Gasteiger partial charge in [-0.05, 0) is 51.4 Å². The van der Waals surface area contributed by atoms with Crippen LogP contribution in [0.4, 0.5) is 0 Å². The number of rotatable bonds is 1. The fourth-order valence-electron chi connectivity index (χ4n) is 2.62. The lowest BCUT2D eigenvalue weighted by molar-refractivity contribution is 0.148. The predicted molar refractivity (Wildman–Crippen MR) is 58.5 cm³/mol. The van der Waals surface area contributed by atoms with E-state index in [0.717, 1.165) is 12.0 Å². The summed E-state index contributed by atoms with van der Waals surface area (Å²) < 4.78 is 0. The molecule has 0 aromatic carbocycles. The fraction of sp³-hybridized carbons (Fsp3) is 1.00. The molecule has 78 valence electrons. The van der Waals surface area contributed by atoms with Gasteiger partial charge >= 0.3 is 0 Å². The highest BCUT2D eigenvalue weighted by Gasteiger charge is 2.28. The van der Waals surface area contributed by atoms with E-state index in [1.165, 1.54) is 45.4 Å². The van der Waals surface area contributed by atoms with Gasteiger partial charge in [-0.3, -0.25) is 0 Å². The second-order valence-electron chi connectivity index (χ2n) is 4.28. The first-order valence-corrected chi connectivity index (χ1v) is 5.32. The van der Waals surface area contributed by atoms with Gasteiger partial charge in [0.2, 0.25) is 0 Å². The molecule has 2 aliphatic heterocycles. The van der Waals surface area contributed by atoms with Gasteiger partial charge in [-0.1, -0.05) is 6.92 Å². The normalized spacial score (nSPS) is 35.8. The maximum Gasteiger partial charge on any atom is 0.0145 e. The quantitative estimate of drug-likeness (QED) is 0.697. The summed E-state index contributed by atoms with van der Waals surface area (Å²) in [7, 11) is 0. The SMILES string of the molecule is CC1CNCCC1N1CCCC1.Cl. The lowest BCUT2D eigenvalue weighted by Crippen LogP contribution is -2.47. The third-order valence-corrected chi connectivity index (χ3v) is 3.35. The molecular formula is C10H21ClN2. The largest absolute Gasteiger partial charge is 0.316 e. The molecule has 0 bridgehead atoms. The Labute approximate surface area is 87.5 Å². The van der Waals surface area contributed by atoms with Crippen LogP contribution in [0.15, 0.2) is 0 Å². The summed E-state index contributed by atoms with van der Waals surface area (Å²) in [5, 5.41) is 3.46. The van der Waals surface area contributed by atoms with Gasteiger partial charge < -0.3 is 10.2 Å². The maximum atomic E-state index is 3.46. The molecular weight excluding hydrogens is 184 g/mol. The molecule has 2 fully saturated rings. The van der Waals surface area contributed by atoms with Crippen LogP contribution in [0.2, 0.25) is 0 Å². The van der Waals surface area contributed by atoms with Crippen molar-refractivity contribution in [3.05, 3.63) is 0 Å². The van der Waals surface area contributed by atoms with Gasteiger partial charge in [-0.15, -0.1) is 12.4 Å². The molecule has 2 aliphatic rings. The Morgan fingerprint density at radius 2 is 1.92 bits per heavy atom. The molecule has 2 rings (SSSR count). The van der Waals surface area contributed by atoms with Crippen LogP contribution in [-0.2, 0) is 0 Å². The van der Waals surface area contributed by atoms with Gasteiger partial charge in [0.05, 0.1) is 0 Å². The van der Waals surface area contributed by atoms with Crippen LogP contribution in [0.1, 0.15) is 26.2 Å². The van der Waals surface area contributed by atoms with Gasteiger partial charge in [-0.2, -0.15) is 0 Å². The second-order valence-corrected chi connectivity index (χ2v) is 4.28. The molecule has 2 nitrogen and oxygen atoms in total. The minimum absolute atomic E-state index is 0. The zero-order valence-electron chi connectivity index (χ0n) is 8.46. The zero-order valence-corrected chi connectivity index (χ0v) is 9.28. The van der Waals surface area contributed by atoms with Crippen LogP contribution in [0.5, 0.6) is 0 Å². The van der Waals surface area contributed by atoms with Gasteiger partial charge in [0.15, 0.2) is 0 Å². The van der Waals surface area contributed by atoms with Crippen LogP contribution >= 0.6 is 12.4 Å². The average Bonchev–Trinajstić information content (AvgIpc) is 2.57. The second kappa shape index (κ2) is 5.18. The summed E-state index contributed by atoms with van der Waals surface area (Å²) in [5.74, 6) is 0.858. The lowest BCUT2D eigenvalue weighted by Gasteiger charge is -2.36. The molecule has 0 radical (unpaired) electrons. The Kier molecular flexibility index (Phi) is 4.50. The minimum atomic E-state index is 0. The Morgan fingerprint density at radius 1 is 1.23 bits per heavy atom. The van der Waals surface area contributed by atoms with Crippen molar-refractivity contribution in [1.82, 2.24) is 10.2 Å². The van der Waals surface area contributed by atoms with E-state index in [1.807, 2.05) is 0 Å². The Hall–Kier alpha value is 0.210. The highest BCUT2D eigenvalue weighted by Crippen LogP contribution is 2.21. The van der Waals surface area contributed by atoms with Crippen molar-refractivity contribution < 1.29 is 0 Å². The van der Waals surface area contributed by atoms with Gasteiger partial charge in [0.1, 0.15) is 0 Å². The molecule has 2 saturated heterocycles. The van der Waals surface area contributed by atoms with E-state index < -0.39 is 0 Å². The predicted octanol–water partition coefficient (Wildman–Crippen LogP) is 1.50. The summed E-state index contributed by atoms with van der Waals surface area (Å²) in [6, 6.07) is 0.883. The van der Waals surface area contributed by atoms with Crippen LogP contribution in [0.3, 0.4) is 0 Å². The molecule has 0 saturated carbocycles. The highest BCUT2D eigenvalue weighted by atomic mass is 35.5. The number of likely N-dealkylation sites (tertiary alicyclic amines) is 1. The van der Waals surface area contributed by atoms with Crippen molar-refractivity contribution in [3.8, 4) is 0 Å². The Morgan fingerprint density at radius 3 is 2.54 bits per heavy atom. The van der Waals surface area contributed by atoms with E-state index in [1.54, 1.807) is 0 Å². The topological polar surface area (TPSA) is 15.3 Å². The summed E-state index contributed by atoms with van der Waals surface area (Å²) in [6.07, 6.45) is 4.22. The van der Waals surface area contributed by atoms with Crippen molar-refractivity contribution in [2.24, 2.45) is 5.92 Å². The molecule has 2 atom stereocenters. The van der Waals surface area contributed by atoms with E-state index >= 15 is 0 Å². The van der Waals surface area contributed by atoms with Crippen molar-refractivity contribution in [3.63, 3.8) is 0 Å². The summed E-state index contributed by atoms with van der Waals surface area (Å²) >= 11 is 0. The highest BCUT2D eigenvalue weighted by molar-refractivity contribution is 5.85. The van der Waals surface area contributed by atoms with E-state index in [2.05, 4.69) is 17.1 Å². The van der Waals surface area contributed by atoms with Crippen molar-refractivity contribution >= 4 is 12.4 Å². The van der Waals surface area contributed by atoms with Crippen molar-refractivity contribution in [2.45, 2.75) is 32.2 Å². The molecule has 0 aromatic rings. The Balaban J connectivity index is 0.000000845. The van der Waals surface area contributed by atoms with Gasteiger partial charge in [-0.25, -0.2) is 0 Å². The smallest absolute Gasteiger partial charge is 0.0145 e. The van der Waals surface area contributed by atoms with Crippen molar-refractivity contribution in [2.75, 3.05) is 26.2 Å². The number of hydrogen-bond donors (Lipinski definition) is 1. The summed E-state index contributed by atoms with van der Waals surface area (Å²) in [5.41, 5.74) is 0. The van der Waals surface area contributed by atoms with Crippen LogP contribution in [0, 0.1) is 5.92 Å². The number of halogens is 1. The number of piperidine rings is 1. The summed E-state index contributed by atoms with van der Waals surface area (Å²) in [4.78, 5) is 2.70. The summed E-state index contributed by atoms with van der Waals surface area (Å²) in [6.45, 7) is 7.55. The molecule has 13 heavy (non-hydrogen) atoms. The fourth-order valence-corrected chi connectivity index (χ4v) is 2.62. The molecule has 1 N–H and O–H groups in total. The third-order valence-electron chi connectivity index (χ3n) is 3.35. The number of hydrogen-bond acceptors (Lipinski definition) is 2. The minimum Gasteiger partial charge on any atom is -0.316 e. The lowest BCUT2D eigenvalue weighted by atomic mass is 9.94. The average molecular weight is 205 g/mol. The monoisotopic (exact) mass is 204 g/mol. The number of nitrogens with one attached hydrogen (secondary N) is 1. The zero-order chi connectivity index (χ0) is 8.39. The van der Waals surface area contributed by atoms with E-state index in [-0.39, 0.29) is 12.4 Å². The standard InChI is InChI=1S/C10H20N2.ClH/c1-9-8-11-5-4-10(9)12-6-2-3-7-12;/h9-11H,2-8H2,1H3;1H. The maximum absolute atomic E-state index is 3.46. The van der Waals surface area contributed by atoms with Crippen LogP contribution < -0.4 is 5.32 Å². The molecule has 2 heterocycles. The van der Waals surface area contributed by atoms with Gasteiger partial charge in [0, 0.05) is 6.04 Å². The Bertz CT molecular complexity index is 146. The molecule has 0 spiro atoms.